The molecule has 1 amide bonds. The zero-order valence-corrected chi connectivity index (χ0v) is 12.6. The molecule has 0 atom stereocenters. The maximum atomic E-state index is 11.7. The third kappa shape index (κ3) is 2.10. The van der Waals surface area contributed by atoms with Crippen LogP contribution in [0.5, 0.6) is 0 Å². The highest BCUT2D eigenvalue weighted by Crippen LogP contribution is 2.33. The molecule has 0 radical (unpaired) electrons. The number of amides is 1. The maximum Gasteiger partial charge on any atom is 0.223 e. The molecule has 0 saturated heterocycles. The van der Waals surface area contributed by atoms with Gasteiger partial charge in [0.15, 0.2) is 0 Å². The molecule has 1 aliphatic rings. The van der Waals surface area contributed by atoms with E-state index in [1.807, 2.05) is 11.0 Å². The van der Waals surface area contributed by atoms with E-state index >= 15 is 0 Å². The number of rotatable bonds is 2. The molecule has 0 saturated carbocycles. The molecule has 22 heavy (non-hydrogen) atoms. The second-order valence-corrected chi connectivity index (χ2v) is 5.89. The van der Waals surface area contributed by atoms with E-state index < -0.39 is 0 Å². The lowest BCUT2D eigenvalue weighted by atomic mass is 10.1. The first kappa shape index (κ1) is 13.1. The molecule has 110 valence electrons. The average molecular weight is 290 g/mol. The van der Waals surface area contributed by atoms with Gasteiger partial charge in [-0.2, -0.15) is 0 Å². The van der Waals surface area contributed by atoms with Crippen LogP contribution < -0.4 is 4.90 Å². The second kappa shape index (κ2) is 5.02. The molecular weight excluding hydrogens is 272 g/mol. The molecule has 1 aromatic heterocycles. The molecule has 0 aliphatic carbocycles. The van der Waals surface area contributed by atoms with Crippen LogP contribution in [-0.4, -0.2) is 17.0 Å². The molecule has 0 spiro atoms. The van der Waals surface area contributed by atoms with E-state index in [0.29, 0.717) is 0 Å². The smallest absolute Gasteiger partial charge is 0.223 e. The number of fused-ring (bicyclic) bond motifs is 2. The van der Waals surface area contributed by atoms with Crippen LogP contribution in [0.3, 0.4) is 0 Å². The Balaban J connectivity index is 1.76. The number of carbonyl (C=O) groups is 1. The fraction of sp³-hybridized carbons (Fsp3) is 0.211. The quantitative estimate of drug-likeness (QED) is 0.708. The molecule has 0 fully saturated rings. The van der Waals surface area contributed by atoms with Crippen molar-refractivity contribution in [3.63, 3.8) is 0 Å². The molecule has 3 nitrogen and oxygen atoms in total. The van der Waals surface area contributed by atoms with Gasteiger partial charge in [-0.05, 0) is 35.7 Å². The lowest BCUT2D eigenvalue weighted by molar-refractivity contribution is -0.116. The van der Waals surface area contributed by atoms with E-state index in [0.717, 1.165) is 25.2 Å². The standard InChI is InChI=1S/C19H18N2O/c1-14(22)21-10-8-17-11-18-16(12-19(17)21)7-9-20(18)13-15-5-3-2-4-6-15/h2-7,9,11-12H,8,10,13H2,1H3. The Morgan fingerprint density at radius 1 is 1.14 bits per heavy atom. The number of benzene rings is 2. The third-order valence-corrected chi connectivity index (χ3v) is 4.44. The number of nitrogens with zero attached hydrogens (tertiary/aromatic N) is 2. The van der Waals surface area contributed by atoms with Crippen molar-refractivity contribution in [3.8, 4) is 0 Å². The lowest BCUT2D eigenvalue weighted by Gasteiger charge is -2.15. The van der Waals surface area contributed by atoms with Gasteiger partial charge in [0.2, 0.25) is 5.91 Å². The number of hydrogen-bond donors (Lipinski definition) is 0. The van der Waals surface area contributed by atoms with Gasteiger partial charge in [-0.3, -0.25) is 4.79 Å². The summed E-state index contributed by atoms with van der Waals surface area (Å²) >= 11 is 0. The first-order chi connectivity index (χ1) is 10.7. The summed E-state index contributed by atoms with van der Waals surface area (Å²) in [5, 5.41) is 1.20. The van der Waals surface area contributed by atoms with Gasteiger partial charge in [0.25, 0.3) is 0 Å². The van der Waals surface area contributed by atoms with Crippen LogP contribution in [0.15, 0.2) is 54.7 Å². The summed E-state index contributed by atoms with van der Waals surface area (Å²) < 4.78 is 2.28. The SMILES string of the molecule is CC(=O)N1CCc2cc3c(ccn3Cc3ccccc3)cc21. The number of aromatic nitrogens is 1. The van der Waals surface area contributed by atoms with Crippen molar-refractivity contribution in [1.29, 1.82) is 0 Å². The van der Waals surface area contributed by atoms with Crippen LogP contribution in [0.2, 0.25) is 0 Å². The third-order valence-electron chi connectivity index (χ3n) is 4.44. The van der Waals surface area contributed by atoms with Crippen molar-refractivity contribution >= 4 is 22.5 Å². The van der Waals surface area contributed by atoms with E-state index in [1.54, 1.807) is 6.92 Å². The highest BCUT2D eigenvalue weighted by Gasteiger charge is 2.23. The molecule has 0 bridgehead atoms. The van der Waals surface area contributed by atoms with Crippen molar-refractivity contribution in [3.05, 3.63) is 65.9 Å². The molecule has 0 unspecified atom stereocenters. The molecule has 2 aromatic carbocycles. The Morgan fingerprint density at radius 2 is 1.95 bits per heavy atom. The van der Waals surface area contributed by atoms with Crippen molar-refractivity contribution in [2.24, 2.45) is 0 Å². The van der Waals surface area contributed by atoms with Crippen LogP contribution in [-0.2, 0) is 17.8 Å². The maximum absolute atomic E-state index is 11.7. The summed E-state index contributed by atoms with van der Waals surface area (Å²) in [6.45, 7) is 3.31. The van der Waals surface area contributed by atoms with E-state index in [2.05, 4.69) is 53.2 Å². The topological polar surface area (TPSA) is 25.2 Å². The Morgan fingerprint density at radius 3 is 2.73 bits per heavy atom. The monoisotopic (exact) mass is 290 g/mol. The molecule has 4 rings (SSSR count). The van der Waals surface area contributed by atoms with Crippen molar-refractivity contribution < 1.29 is 4.79 Å². The lowest BCUT2D eigenvalue weighted by Crippen LogP contribution is -2.25. The Hall–Kier alpha value is -2.55. The molecular formula is C19H18N2O. The van der Waals surface area contributed by atoms with E-state index in [4.69, 9.17) is 0 Å². The van der Waals surface area contributed by atoms with Crippen molar-refractivity contribution in [2.75, 3.05) is 11.4 Å². The van der Waals surface area contributed by atoms with Gasteiger partial charge in [-0.25, -0.2) is 0 Å². The van der Waals surface area contributed by atoms with Crippen LogP contribution in [0, 0.1) is 0 Å². The largest absolute Gasteiger partial charge is 0.343 e. The zero-order valence-electron chi connectivity index (χ0n) is 12.6. The van der Waals surface area contributed by atoms with Gasteiger partial charge in [-0.15, -0.1) is 0 Å². The summed E-state index contributed by atoms with van der Waals surface area (Å²) in [4.78, 5) is 13.6. The Kier molecular flexibility index (Phi) is 3.00. The molecule has 3 heteroatoms. The minimum absolute atomic E-state index is 0.127. The van der Waals surface area contributed by atoms with Gasteiger partial charge in [0, 0.05) is 42.8 Å². The number of anilines is 1. The Bertz CT molecular complexity index is 849. The molecule has 2 heterocycles. The van der Waals surface area contributed by atoms with Crippen LogP contribution in [0.4, 0.5) is 5.69 Å². The first-order valence-electron chi connectivity index (χ1n) is 7.66. The fourth-order valence-electron chi connectivity index (χ4n) is 3.32. The fourth-order valence-corrected chi connectivity index (χ4v) is 3.32. The number of hydrogen-bond acceptors (Lipinski definition) is 1. The second-order valence-electron chi connectivity index (χ2n) is 5.89. The molecule has 1 aliphatic heterocycles. The summed E-state index contributed by atoms with van der Waals surface area (Å²) in [5.74, 6) is 0.127. The molecule has 3 aromatic rings. The summed E-state index contributed by atoms with van der Waals surface area (Å²) in [6.07, 6.45) is 3.08. The van der Waals surface area contributed by atoms with Crippen LogP contribution in [0.25, 0.3) is 10.9 Å². The minimum atomic E-state index is 0.127. The van der Waals surface area contributed by atoms with E-state index in [-0.39, 0.29) is 5.91 Å². The summed E-state index contributed by atoms with van der Waals surface area (Å²) in [5.41, 5.74) is 4.90. The molecule has 0 N–H and O–H groups in total. The van der Waals surface area contributed by atoms with Crippen molar-refractivity contribution in [2.45, 2.75) is 19.9 Å². The van der Waals surface area contributed by atoms with E-state index in [9.17, 15) is 4.79 Å². The average Bonchev–Trinajstić information content (AvgIpc) is 3.10. The highest BCUT2D eigenvalue weighted by atomic mass is 16.2. The predicted molar refractivity (Wildman–Crippen MR) is 89.2 cm³/mol. The van der Waals surface area contributed by atoms with E-state index in [1.165, 1.54) is 22.0 Å². The minimum Gasteiger partial charge on any atom is -0.343 e. The highest BCUT2D eigenvalue weighted by molar-refractivity contribution is 5.97. The van der Waals surface area contributed by atoms with Gasteiger partial charge >= 0.3 is 0 Å². The zero-order chi connectivity index (χ0) is 15.1. The van der Waals surface area contributed by atoms with Gasteiger partial charge < -0.3 is 9.47 Å². The number of carbonyl (C=O) groups excluding carboxylic acids is 1. The summed E-state index contributed by atoms with van der Waals surface area (Å²) in [7, 11) is 0. The van der Waals surface area contributed by atoms with Crippen LogP contribution >= 0.6 is 0 Å². The Labute approximate surface area is 129 Å². The normalized spacial score (nSPS) is 13.6. The van der Waals surface area contributed by atoms with Gasteiger partial charge in [0.1, 0.15) is 0 Å². The van der Waals surface area contributed by atoms with Crippen molar-refractivity contribution in [1.82, 2.24) is 4.57 Å². The predicted octanol–water partition coefficient (Wildman–Crippen LogP) is 3.60. The summed E-state index contributed by atoms with van der Waals surface area (Å²) in [6, 6.07) is 17.0. The van der Waals surface area contributed by atoms with Gasteiger partial charge in [-0.1, -0.05) is 30.3 Å². The van der Waals surface area contributed by atoms with Crippen LogP contribution in [0.1, 0.15) is 18.1 Å². The first-order valence-corrected chi connectivity index (χ1v) is 7.66. The van der Waals surface area contributed by atoms with Gasteiger partial charge in [0.05, 0.1) is 0 Å².